The highest BCUT2D eigenvalue weighted by atomic mass is 19.3. The van der Waals surface area contributed by atoms with Crippen molar-refractivity contribution in [3.05, 3.63) is 46.5 Å². The zero-order chi connectivity index (χ0) is 23.3. The maximum Gasteiger partial charge on any atom is 0.274 e. The van der Waals surface area contributed by atoms with E-state index in [2.05, 4.69) is 26.0 Å². The van der Waals surface area contributed by atoms with E-state index >= 15 is 0 Å². The van der Waals surface area contributed by atoms with Gasteiger partial charge < -0.3 is 25.6 Å². The highest BCUT2D eigenvalue weighted by Crippen LogP contribution is 2.37. The predicted molar refractivity (Wildman–Crippen MR) is 116 cm³/mol. The first kappa shape index (κ1) is 21.3. The first-order valence-corrected chi connectivity index (χ1v) is 10.7. The van der Waals surface area contributed by atoms with Crippen molar-refractivity contribution in [2.75, 3.05) is 17.7 Å². The van der Waals surface area contributed by atoms with Gasteiger partial charge in [-0.05, 0) is 31.4 Å². The standard InChI is InChI=1S/C21H23F2N7O3/c1-24-17-9-16(26-12-3-2-8-29(20(12)33)13-4-5-14(13)31)28-18-11(10-25-30(17)18)19(32)27-15-6-7-21(15,22)23/h2-3,8-10,13-15,24,31H,4-7H2,1H3,(H,26,28)(H,27,32)/t13?,14-,15?/m0/s1. The van der Waals surface area contributed by atoms with Gasteiger partial charge in [0.15, 0.2) is 5.65 Å². The van der Waals surface area contributed by atoms with Crippen molar-refractivity contribution in [2.24, 2.45) is 0 Å². The summed E-state index contributed by atoms with van der Waals surface area (Å²) >= 11 is 0. The van der Waals surface area contributed by atoms with Crippen molar-refractivity contribution < 1.29 is 18.7 Å². The Bertz CT molecular complexity index is 1290. The Morgan fingerprint density at radius 1 is 1.30 bits per heavy atom. The summed E-state index contributed by atoms with van der Waals surface area (Å²) in [7, 11) is 1.66. The van der Waals surface area contributed by atoms with Crippen molar-refractivity contribution in [3.8, 4) is 0 Å². The number of aliphatic hydroxyl groups excluding tert-OH is 1. The van der Waals surface area contributed by atoms with Crippen LogP contribution in [0, 0.1) is 0 Å². The maximum absolute atomic E-state index is 13.6. The van der Waals surface area contributed by atoms with E-state index in [-0.39, 0.29) is 47.2 Å². The SMILES string of the molecule is CNc1cc(Nc2cccn(C3CC[C@@H]3O)c2=O)nc2c(C(=O)NC3CCC3(F)F)cnn12. The molecule has 2 aliphatic rings. The van der Waals surface area contributed by atoms with Gasteiger partial charge in [0.25, 0.3) is 17.4 Å². The fourth-order valence-electron chi connectivity index (χ4n) is 4.08. The number of hydrogen-bond donors (Lipinski definition) is 4. The fraction of sp³-hybridized carbons (Fsp3) is 0.429. The number of carbonyl (C=O) groups is 1. The molecule has 4 N–H and O–H groups in total. The minimum absolute atomic E-state index is 0.0425. The molecule has 2 saturated carbocycles. The lowest BCUT2D eigenvalue weighted by Gasteiger charge is -2.36. The highest BCUT2D eigenvalue weighted by molar-refractivity contribution is 6.00. The van der Waals surface area contributed by atoms with Crippen LogP contribution in [0.4, 0.5) is 26.1 Å². The molecule has 174 valence electrons. The van der Waals surface area contributed by atoms with Crippen molar-refractivity contribution in [1.29, 1.82) is 0 Å². The van der Waals surface area contributed by atoms with Crippen molar-refractivity contribution in [2.45, 2.75) is 49.8 Å². The molecule has 0 radical (unpaired) electrons. The number of halogens is 2. The second kappa shape index (κ2) is 7.80. The number of aromatic nitrogens is 4. The Morgan fingerprint density at radius 2 is 2.12 bits per heavy atom. The molecule has 12 heteroatoms. The van der Waals surface area contributed by atoms with Gasteiger partial charge in [-0.1, -0.05) is 0 Å². The van der Waals surface area contributed by atoms with Gasteiger partial charge in [-0.15, -0.1) is 0 Å². The summed E-state index contributed by atoms with van der Waals surface area (Å²) in [4.78, 5) is 30.0. The molecule has 3 aromatic heterocycles. The van der Waals surface area contributed by atoms with E-state index in [4.69, 9.17) is 0 Å². The van der Waals surface area contributed by atoms with Crippen LogP contribution in [0.5, 0.6) is 0 Å². The van der Waals surface area contributed by atoms with Gasteiger partial charge in [-0.2, -0.15) is 9.61 Å². The van der Waals surface area contributed by atoms with Gasteiger partial charge in [0.05, 0.1) is 24.4 Å². The van der Waals surface area contributed by atoms with Crippen molar-refractivity contribution in [3.63, 3.8) is 0 Å². The molecular formula is C21H23F2N7O3. The molecule has 5 rings (SSSR count). The molecule has 10 nitrogen and oxygen atoms in total. The van der Waals surface area contributed by atoms with E-state index in [0.29, 0.717) is 18.7 Å². The average Bonchev–Trinajstić information content (AvgIpc) is 3.21. The molecule has 0 aromatic carbocycles. The van der Waals surface area contributed by atoms with E-state index in [1.54, 1.807) is 31.4 Å². The van der Waals surface area contributed by atoms with E-state index < -0.39 is 24.0 Å². The number of carbonyl (C=O) groups excluding carboxylic acids is 1. The Morgan fingerprint density at radius 3 is 2.73 bits per heavy atom. The molecule has 0 bridgehead atoms. The molecule has 2 unspecified atom stereocenters. The minimum atomic E-state index is -2.92. The molecule has 3 atom stereocenters. The molecule has 33 heavy (non-hydrogen) atoms. The van der Waals surface area contributed by atoms with E-state index in [9.17, 15) is 23.5 Å². The lowest BCUT2D eigenvalue weighted by Crippen LogP contribution is -2.55. The van der Waals surface area contributed by atoms with Crippen LogP contribution in [0.25, 0.3) is 5.65 Å². The third-order valence-corrected chi connectivity index (χ3v) is 6.35. The summed E-state index contributed by atoms with van der Waals surface area (Å²) in [5, 5.41) is 22.4. The number of anilines is 3. The molecule has 3 aromatic rings. The number of aliphatic hydroxyl groups is 1. The van der Waals surface area contributed by atoms with Crippen LogP contribution in [0.15, 0.2) is 35.4 Å². The zero-order valence-electron chi connectivity index (χ0n) is 17.8. The van der Waals surface area contributed by atoms with Gasteiger partial charge in [-0.25, -0.2) is 13.8 Å². The van der Waals surface area contributed by atoms with Crippen LogP contribution in [0.2, 0.25) is 0 Å². The number of nitrogens with zero attached hydrogens (tertiary/aromatic N) is 4. The number of nitrogens with one attached hydrogen (secondary N) is 3. The monoisotopic (exact) mass is 459 g/mol. The summed E-state index contributed by atoms with van der Waals surface area (Å²) in [6, 6.07) is 3.42. The summed E-state index contributed by atoms with van der Waals surface area (Å²) in [6.07, 6.45) is 3.66. The molecule has 3 heterocycles. The van der Waals surface area contributed by atoms with Crippen molar-refractivity contribution >= 4 is 28.9 Å². The largest absolute Gasteiger partial charge is 0.391 e. The molecule has 0 spiro atoms. The van der Waals surface area contributed by atoms with E-state index in [1.807, 2.05) is 0 Å². The Hall–Kier alpha value is -3.54. The molecule has 1 amide bonds. The Balaban J connectivity index is 1.47. The summed E-state index contributed by atoms with van der Waals surface area (Å²) in [5.74, 6) is -2.88. The number of amides is 1. The smallest absolute Gasteiger partial charge is 0.274 e. The van der Waals surface area contributed by atoms with Crippen LogP contribution in [0.1, 0.15) is 42.1 Å². The number of alkyl halides is 2. The predicted octanol–water partition coefficient (Wildman–Crippen LogP) is 1.90. The summed E-state index contributed by atoms with van der Waals surface area (Å²) in [5.41, 5.74) is 0.124. The normalized spacial score (nSPS) is 23.5. The van der Waals surface area contributed by atoms with Gasteiger partial charge >= 0.3 is 0 Å². The molecule has 2 aliphatic carbocycles. The van der Waals surface area contributed by atoms with E-state index in [1.165, 1.54) is 15.3 Å². The number of rotatable bonds is 6. The van der Waals surface area contributed by atoms with Gasteiger partial charge in [0.1, 0.15) is 22.9 Å². The number of pyridine rings is 1. The van der Waals surface area contributed by atoms with Crippen LogP contribution >= 0.6 is 0 Å². The second-order valence-corrected chi connectivity index (χ2v) is 8.37. The number of fused-ring (bicyclic) bond motifs is 1. The Labute approximate surface area is 186 Å². The van der Waals surface area contributed by atoms with Crippen LogP contribution in [-0.4, -0.2) is 55.3 Å². The molecule has 0 aliphatic heterocycles. The van der Waals surface area contributed by atoms with Gasteiger partial charge in [-0.3, -0.25) is 9.59 Å². The van der Waals surface area contributed by atoms with Gasteiger partial charge in [0.2, 0.25) is 0 Å². The molecular weight excluding hydrogens is 436 g/mol. The van der Waals surface area contributed by atoms with Crippen molar-refractivity contribution in [1.82, 2.24) is 24.5 Å². The number of hydrogen-bond acceptors (Lipinski definition) is 7. The van der Waals surface area contributed by atoms with Crippen LogP contribution < -0.4 is 21.5 Å². The topological polar surface area (TPSA) is 126 Å². The first-order valence-electron chi connectivity index (χ1n) is 10.7. The van der Waals surface area contributed by atoms with Crippen LogP contribution in [0.3, 0.4) is 0 Å². The second-order valence-electron chi connectivity index (χ2n) is 8.37. The third-order valence-electron chi connectivity index (χ3n) is 6.35. The third kappa shape index (κ3) is 3.59. The molecule has 0 saturated heterocycles. The van der Waals surface area contributed by atoms with E-state index in [0.717, 1.165) is 0 Å². The minimum Gasteiger partial charge on any atom is -0.391 e. The fourth-order valence-corrected chi connectivity index (χ4v) is 4.08. The van der Waals surface area contributed by atoms with Crippen LogP contribution in [-0.2, 0) is 0 Å². The Kier molecular flexibility index (Phi) is 5.04. The summed E-state index contributed by atoms with van der Waals surface area (Å²) < 4.78 is 30.1. The molecule has 2 fully saturated rings. The lowest BCUT2D eigenvalue weighted by atomic mass is 9.88. The highest BCUT2D eigenvalue weighted by Gasteiger charge is 2.49. The first-order chi connectivity index (χ1) is 15.8. The lowest BCUT2D eigenvalue weighted by molar-refractivity contribution is -0.102. The summed E-state index contributed by atoms with van der Waals surface area (Å²) in [6.45, 7) is 0. The average molecular weight is 459 g/mol. The quantitative estimate of drug-likeness (QED) is 0.444. The maximum atomic E-state index is 13.6. The zero-order valence-corrected chi connectivity index (χ0v) is 17.8. The van der Waals surface area contributed by atoms with Gasteiger partial charge in [0, 0.05) is 25.7 Å².